The number of benzene rings is 2. The lowest BCUT2D eigenvalue weighted by molar-refractivity contribution is -0.137. The van der Waals surface area contributed by atoms with Crippen molar-refractivity contribution < 1.29 is 18.0 Å². The maximum absolute atomic E-state index is 13.6. The van der Waals surface area contributed by atoms with Gasteiger partial charge in [0, 0.05) is 30.8 Å². The molecule has 7 nitrogen and oxygen atoms in total. The van der Waals surface area contributed by atoms with Crippen molar-refractivity contribution in [3.63, 3.8) is 0 Å². The van der Waals surface area contributed by atoms with Gasteiger partial charge in [-0.25, -0.2) is 9.67 Å². The molecule has 1 atom stereocenters. The van der Waals surface area contributed by atoms with Crippen LogP contribution in [0, 0.1) is 6.92 Å². The van der Waals surface area contributed by atoms with Gasteiger partial charge in [-0.3, -0.25) is 9.59 Å². The predicted octanol–water partition coefficient (Wildman–Crippen LogP) is 4.46. The van der Waals surface area contributed by atoms with Crippen molar-refractivity contribution >= 4 is 16.9 Å². The third-order valence-corrected chi connectivity index (χ3v) is 6.25. The smallest absolute Gasteiger partial charge is 0.342 e. The summed E-state index contributed by atoms with van der Waals surface area (Å²) in [6.07, 6.45) is -3.11. The Bertz CT molecular complexity index is 1440. The second kappa shape index (κ2) is 8.68. The molecule has 2 aromatic heterocycles. The number of para-hydroxylation sites is 3. The predicted molar refractivity (Wildman–Crippen MR) is 124 cm³/mol. The molecule has 180 valence electrons. The van der Waals surface area contributed by atoms with E-state index in [4.69, 9.17) is 0 Å². The first-order valence-corrected chi connectivity index (χ1v) is 11.2. The lowest BCUT2D eigenvalue weighted by Gasteiger charge is -2.31. The van der Waals surface area contributed by atoms with Gasteiger partial charge in [-0.1, -0.05) is 24.3 Å². The molecule has 1 aliphatic heterocycles. The number of rotatable bonds is 3. The molecule has 35 heavy (non-hydrogen) atoms. The lowest BCUT2D eigenvalue weighted by Crippen LogP contribution is -2.42. The van der Waals surface area contributed by atoms with Gasteiger partial charge in [-0.2, -0.15) is 18.3 Å². The quantitative estimate of drug-likeness (QED) is 0.469. The molecule has 1 amide bonds. The Morgan fingerprint density at radius 1 is 1.11 bits per heavy atom. The highest BCUT2D eigenvalue weighted by Crippen LogP contribution is 2.34. The van der Waals surface area contributed by atoms with Gasteiger partial charge < -0.3 is 9.88 Å². The van der Waals surface area contributed by atoms with Crippen LogP contribution in [0.3, 0.4) is 0 Å². The molecule has 1 N–H and O–H groups in total. The van der Waals surface area contributed by atoms with Crippen LogP contribution in [0.4, 0.5) is 13.2 Å². The molecule has 0 bridgehead atoms. The Labute approximate surface area is 198 Å². The van der Waals surface area contributed by atoms with Crippen LogP contribution in [0.5, 0.6) is 0 Å². The molecule has 0 saturated carbocycles. The topological polar surface area (TPSA) is 83.9 Å². The van der Waals surface area contributed by atoms with Crippen molar-refractivity contribution in [2.24, 2.45) is 0 Å². The van der Waals surface area contributed by atoms with Crippen LogP contribution in [-0.2, 0) is 6.18 Å². The summed E-state index contributed by atoms with van der Waals surface area (Å²) in [5, 5.41) is 4.11. The van der Waals surface area contributed by atoms with E-state index in [0.29, 0.717) is 19.5 Å². The van der Waals surface area contributed by atoms with Gasteiger partial charge in [0.25, 0.3) is 5.91 Å². The van der Waals surface area contributed by atoms with Crippen LogP contribution >= 0.6 is 0 Å². The van der Waals surface area contributed by atoms with E-state index < -0.39 is 28.8 Å². The Morgan fingerprint density at radius 2 is 1.86 bits per heavy atom. The molecule has 0 aliphatic carbocycles. The first kappa shape index (κ1) is 22.8. The van der Waals surface area contributed by atoms with E-state index in [0.717, 1.165) is 40.1 Å². The van der Waals surface area contributed by atoms with Gasteiger partial charge in [-0.15, -0.1) is 0 Å². The standard InChI is InChI=1S/C25H22F3N5O2/c1-15-13-21(34)22(31-33(15)20-11-5-2-8-17(20)25(26,27)28)24(35)32-12-6-7-16(14-32)23-29-18-9-3-4-10-19(18)30-23/h2-5,8-11,13,16H,6-7,12,14H2,1H3,(H,29,30). The zero-order valence-corrected chi connectivity index (χ0v) is 18.8. The number of nitrogens with one attached hydrogen (secondary N) is 1. The molecule has 1 fully saturated rings. The van der Waals surface area contributed by atoms with Crippen LogP contribution in [0.2, 0.25) is 0 Å². The number of likely N-dealkylation sites (tertiary alicyclic amines) is 1. The molecular formula is C25H22F3N5O2. The van der Waals surface area contributed by atoms with Crippen molar-refractivity contribution in [1.29, 1.82) is 0 Å². The Hall–Kier alpha value is -3.95. The minimum atomic E-state index is -4.62. The maximum atomic E-state index is 13.6. The number of imidazole rings is 1. The Balaban J connectivity index is 1.47. The highest BCUT2D eigenvalue weighted by atomic mass is 19.4. The van der Waals surface area contributed by atoms with Crippen LogP contribution in [0.25, 0.3) is 16.7 Å². The van der Waals surface area contributed by atoms with E-state index in [1.165, 1.54) is 30.0 Å². The molecule has 1 saturated heterocycles. The van der Waals surface area contributed by atoms with Crippen molar-refractivity contribution in [1.82, 2.24) is 24.6 Å². The highest BCUT2D eigenvalue weighted by molar-refractivity contribution is 5.92. The number of aryl methyl sites for hydroxylation is 1. The number of nitrogens with zero attached hydrogens (tertiary/aromatic N) is 4. The first-order valence-electron chi connectivity index (χ1n) is 11.2. The third kappa shape index (κ3) is 4.31. The molecule has 1 unspecified atom stereocenters. The average molecular weight is 481 g/mol. The molecule has 4 aromatic rings. The van der Waals surface area contributed by atoms with E-state index >= 15 is 0 Å². The second-order valence-corrected chi connectivity index (χ2v) is 8.65. The van der Waals surface area contributed by atoms with E-state index in [1.54, 1.807) is 0 Å². The van der Waals surface area contributed by atoms with Gasteiger partial charge in [-0.05, 0) is 44.0 Å². The molecule has 10 heteroatoms. The number of aromatic amines is 1. The van der Waals surface area contributed by atoms with E-state index in [2.05, 4.69) is 15.1 Å². The zero-order valence-electron chi connectivity index (χ0n) is 18.8. The van der Waals surface area contributed by atoms with Gasteiger partial charge in [0.15, 0.2) is 5.69 Å². The van der Waals surface area contributed by atoms with Crippen molar-refractivity contribution in [2.75, 3.05) is 13.1 Å². The van der Waals surface area contributed by atoms with Crippen LogP contribution in [-0.4, -0.2) is 43.6 Å². The summed E-state index contributed by atoms with van der Waals surface area (Å²) in [5.41, 5.74) is -0.250. The third-order valence-electron chi connectivity index (χ3n) is 6.25. The summed E-state index contributed by atoms with van der Waals surface area (Å²) >= 11 is 0. The van der Waals surface area contributed by atoms with Crippen LogP contribution in [0.15, 0.2) is 59.4 Å². The molecule has 1 aliphatic rings. The van der Waals surface area contributed by atoms with Gasteiger partial charge >= 0.3 is 6.18 Å². The lowest BCUT2D eigenvalue weighted by atomic mass is 9.97. The van der Waals surface area contributed by atoms with Crippen LogP contribution in [0.1, 0.15) is 46.3 Å². The average Bonchev–Trinajstić information content (AvgIpc) is 3.28. The summed E-state index contributed by atoms with van der Waals surface area (Å²) in [6.45, 7) is 2.23. The number of H-pyrrole nitrogens is 1. The summed E-state index contributed by atoms with van der Waals surface area (Å²) < 4.78 is 41.8. The van der Waals surface area contributed by atoms with Gasteiger partial charge in [0.2, 0.25) is 5.43 Å². The summed E-state index contributed by atoms with van der Waals surface area (Å²) in [6, 6.07) is 13.7. The number of carbonyl (C=O) groups excluding carboxylic acids is 1. The first-order chi connectivity index (χ1) is 16.7. The zero-order chi connectivity index (χ0) is 24.7. The molecule has 0 radical (unpaired) electrons. The number of hydrogen-bond donors (Lipinski definition) is 1. The number of aromatic nitrogens is 4. The van der Waals surface area contributed by atoms with E-state index in [1.807, 2.05) is 24.3 Å². The maximum Gasteiger partial charge on any atom is 0.418 e. The molecule has 2 aromatic carbocycles. The number of piperidine rings is 1. The fourth-order valence-corrected chi connectivity index (χ4v) is 4.54. The monoisotopic (exact) mass is 481 g/mol. The summed E-state index contributed by atoms with van der Waals surface area (Å²) in [4.78, 5) is 35.5. The number of alkyl halides is 3. The van der Waals surface area contributed by atoms with E-state index in [-0.39, 0.29) is 17.3 Å². The number of halogens is 3. The molecule has 0 spiro atoms. The summed E-state index contributed by atoms with van der Waals surface area (Å²) in [5.74, 6) is 0.102. The second-order valence-electron chi connectivity index (χ2n) is 8.65. The number of fused-ring (bicyclic) bond motifs is 1. The number of carbonyl (C=O) groups is 1. The molecular weight excluding hydrogens is 459 g/mol. The van der Waals surface area contributed by atoms with Gasteiger partial charge in [0.1, 0.15) is 5.82 Å². The van der Waals surface area contributed by atoms with Crippen molar-refractivity contribution in [3.05, 3.63) is 87.6 Å². The Kier molecular flexibility index (Phi) is 5.66. The molecule has 5 rings (SSSR count). The fraction of sp³-hybridized carbons (Fsp3) is 0.280. The normalized spacial score (nSPS) is 16.6. The summed E-state index contributed by atoms with van der Waals surface area (Å²) in [7, 11) is 0. The van der Waals surface area contributed by atoms with Crippen molar-refractivity contribution in [3.8, 4) is 5.69 Å². The van der Waals surface area contributed by atoms with E-state index in [9.17, 15) is 22.8 Å². The van der Waals surface area contributed by atoms with Crippen molar-refractivity contribution in [2.45, 2.75) is 31.9 Å². The largest absolute Gasteiger partial charge is 0.418 e. The number of hydrogen-bond acceptors (Lipinski definition) is 4. The fourth-order valence-electron chi connectivity index (χ4n) is 4.54. The molecule has 3 heterocycles. The minimum Gasteiger partial charge on any atom is -0.342 e. The SMILES string of the molecule is Cc1cc(=O)c(C(=O)N2CCCC(c3nc4ccccc4[nH]3)C2)nn1-c1ccccc1C(F)(F)F. The van der Waals surface area contributed by atoms with Crippen LogP contribution < -0.4 is 5.43 Å². The number of amides is 1. The Morgan fingerprint density at radius 3 is 2.63 bits per heavy atom. The highest BCUT2D eigenvalue weighted by Gasteiger charge is 2.35. The minimum absolute atomic E-state index is 0.0567. The van der Waals surface area contributed by atoms with Gasteiger partial charge in [0.05, 0.1) is 22.3 Å².